The lowest BCUT2D eigenvalue weighted by molar-refractivity contribution is 0.415. The Balaban J connectivity index is 1.69. The van der Waals surface area contributed by atoms with Crippen LogP contribution in [0.2, 0.25) is 0 Å². The van der Waals surface area contributed by atoms with Crippen LogP contribution in [0.15, 0.2) is 79.0 Å². The fraction of sp³-hybridized carbons (Fsp3) is 0.0833. The van der Waals surface area contributed by atoms with Crippen molar-refractivity contribution in [1.29, 1.82) is 0 Å². The van der Waals surface area contributed by atoms with Crippen LogP contribution in [0.3, 0.4) is 0 Å². The number of nitrogens with zero attached hydrogens (tertiary/aromatic N) is 3. The van der Waals surface area contributed by atoms with Gasteiger partial charge < -0.3 is 9.30 Å². The highest BCUT2D eigenvalue weighted by molar-refractivity contribution is 5.98. The predicted octanol–water partition coefficient (Wildman–Crippen LogP) is 5.40. The topological polar surface area (TPSA) is 39.9 Å². The minimum Gasteiger partial charge on any atom is -0.497 e. The molecular weight excluding hydrogens is 365 g/mol. The van der Waals surface area contributed by atoms with Crippen LogP contribution < -0.4 is 4.74 Å². The molecule has 0 aliphatic carbocycles. The van der Waals surface area contributed by atoms with E-state index in [9.17, 15) is 4.39 Å². The SMILES string of the molecule is COc1ccc(-c2nnc3c4ccccc4n(Cc4cccc(F)c4)cc2-3)cc1. The van der Waals surface area contributed by atoms with E-state index in [1.54, 1.807) is 19.2 Å². The second-order valence-electron chi connectivity index (χ2n) is 6.94. The number of ether oxygens (including phenoxy) is 1. The molecule has 5 rings (SSSR count). The van der Waals surface area contributed by atoms with E-state index in [0.717, 1.165) is 44.7 Å². The lowest BCUT2D eigenvalue weighted by Gasteiger charge is -2.15. The average molecular weight is 383 g/mol. The molecule has 29 heavy (non-hydrogen) atoms. The van der Waals surface area contributed by atoms with Crippen LogP contribution in [0, 0.1) is 5.82 Å². The lowest BCUT2D eigenvalue weighted by atomic mass is 10.0. The number of para-hydroxylation sites is 1. The summed E-state index contributed by atoms with van der Waals surface area (Å²) in [5, 5.41) is 9.96. The Kier molecular flexibility index (Phi) is 4.21. The number of benzene rings is 3. The van der Waals surface area contributed by atoms with Crippen molar-refractivity contribution in [3.8, 4) is 28.3 Å². The Hall–Kier alpha value is -3.73. The molecule has 0 spiro atoms. The smallest absolute Gasteiger partial charge is 0.123 e. The Morgan fingerprint density at radius 2 is 1.69 bits per heavy atom. The number of pyridine rings is 1. The van der Waals surface area contributed by atoms with Gasteiger partial charge in [-0.15, -0.1) is 10.2 Å². The van der Waals surface area contributed by atoms with E-state index in [2.05, 4.69) is 27.0 Å². The van der Waals surface area contributed by atoms with Gasteiger partial charge in [0.25, 0.3) is 0 Å². The maximum atomic E-state index is 13.7. The van der Waals surface area contributed by atoms with E-state index >= 15 is 0 Å². The van der Waals surface area contributed by atoms with Gasteiger partial charge in [-0.2, -0.15) is 0 Å². The van der Waals surface area contributed by atoms with E-state index < -0.39 is 0 Å². The summed E-state index contributed by atoms with van der Waals surface area (Å²) in [4.78, 5) is 0. The zero-order valence-corrected chi connectivity index (χ0v) is 15.8. The number of hydrogen-bond acceptors (Lipinski definition) is 3. The van der Waals surface area contributed by atoms with Crippen molar-refractivity contribution in [2.24, 2.45) is 0 Å². The van der Waals surface area contributed by atoms with Gasteiger partial charge in [-0.3, -0.25) is 0 Å². The summed E-state index contributed by atoms with van der Waals surface area (Å²) >= 11 is 0. The predicted molar refractivity (Wildman–Crippen MR) is 112 cm³/mol. The summed E-state index contributed by atoms with van der Waals surface area (Å²) in [7, 11) is 1.65. The van der Waals surface area contributed by atoms with Gasteiger partial charge in [-0.25, -0.2) is 4.39 Å². The van der Waals surface area contributed by atoms with Gasteiger partial charge in [0.1, 0.15) is 23.0 Å². The van der Waals surface area contributed by atoms with Crippen LogP contribution in [-0.4, -0.2) is 21.9 Å². The summed E-state index contributed by atoms with van der Waals surface area (Å²) in [6.07, 6.45) is 2.06. The number of rotatable bonds is 4. The fourth-order valence-electron chi connectivity index (χ4n) is 3.72. The van der Waals surface area contributed by atoms with E-state index in [4.69, 9.17) is 4.74 Å². The van der Waals surface area contributed by atoms with Crippen molar-refractivity contribution >= 4 is 10.9 Å². The molecule has 2 aliphatic heterocycles. The number of halogens is 1. The molecule has 0 unspecified atom stereocenters. The molecule has 0 amide bonds. The van der Waals surface area contributed by atoms with Crippen LogP contribution in [0.5, 0.6) is 5.75 Å². The van der Waals surface area contributed by atoms with Gasteiger partial charge in [0.2, 0.25) is 0 Å². The fourth-order valence-corrected chi connectivity index (χ4v) is 3.72. The van der Waals surface area contributed by atoms with Crippen molar-refractivity contribution in [3.63, 3.8) is 0 Å². The second-order valence-corrected chi connectivity index (χ2v) is 6.94. The molecular formula is C24H18FN3O. The maximum Gasteiger partial charge on any atom is 0.123 e. The number of hydrogen-bond donors (Lipinski definition) is 0. The van der Waals surface area contributed by atoms with Gasteiger partial charge in [0.05, 0.1) is 12.6 Å². The van der Waals surface area contributed by atoms with Crippen molar-refractivity contribution < 1.29 is 9.13 Å². The number of aromatic nitrogens is 3. The summed E-state index contributed by atoms with van der Waals surface area (Å²) in [6, 6.07) is 22.6. The van der Waals surface area contributed by atoms with Crippen LogP contribution in [0.4, 0.5) is 4.39 Å². The molecule has 142 valence electrons. The molecule has 2 aliphatic rings. The Labute approximate surface area is 167 Å². The monoisotopic (exact) mass is 383 g/mol. The summed E-state index contributed by atoms with van der Waals surface area (Å²) < 4.78 is 21.1. The first-order valence-corrected chi connectivity index (χ1v) is 9.36. The first-order chi connectivity index (χ1) is 14.2. The van der Waals surface area contributed by atoms with Crippen LogP contribution in [0.25, 0.3) is 33.4 Å². The highest BCUT2D eigenvalue weighted by Gasteiger charge is 2.20. The van der Waals surface area contributed by atoms with Gasteiger partial charge in [-0.1, -0.05) is 30.3 Å². The molecule has 3 aromatic rings. The molecule has 0 saturated carbocycles. The van der Waals surface area contributed by atoms with Crippen molar-refractivity contribution in [2.45, 2.75) is 6.54 Å². The first kappa shape index (κ1) is 17.4. The molecule has 2 heterocycles. The molecule has 5 heteroatoms. The largest absolute Gasteiger partial charge is 0.497 e. The minimum absolute atomic E-state index is 0.232. The Morgan fingerprint density at radius 1 is 0.897 bits per heavy atom. The molecule has 0 radical (unpaired) electrons. The Bertz CT molecular complexity index is 1280. The molecule has 3 aromatic carbocycles. The summed E-state index contributed by atoms with van der Waals surface area (Å²) in [6.45, 7) is 0.557. The van der Waals surface area contributed by atoms with Crippen LogP contribution in [0.1, 0.15) is 5.56 Å². The zero-order valence-electron chi connectivity index (χ0n) is 15.8. The van der Waals surface area contributed by atoms with Gasteiger partial charge in [-0.05, 0) is 48.0 Å². The first-order valence-electron chi connectivity index (χ1n) is 9.36. The third-order valence-corrected chi connectivity index (χ3v) is 5.12. The molecule has 4 nitrogen and oxygen atoms in total. The molecule has 0 N–H and O–H groups in total. The van der Waals surface area contributed by atoms with E-state index in [1.165, 1.54) is 6.07 Å². The van der Waals surface area contributed by atoms with E-state index in [0.29, 0.717) is 6.54 Å². The van der Waals surface area contributed by atoms with E-state index in [1.807, 2.05) is 48.5 Å². The molecule has 0 aromatic heterocycles. The van der Waals surface area contributed by atoms with Crippen molar-refractivity contribution in [3.05, 3.63) is 90.4 Å². The number of fused-ring (bicyclic) bond motifs is 3. The van der Waals surface area contributed by atoms with Gasteiger partial charge in [0.15, 0.2) is 0 Å². The molecule has 0 atom stereocenters. The summed E-state index contributed by atoms with van der Waals surface area (Å²) in [5.74, 6) is 0.563. The zero-order chi connectivity index (χ0) is 19.8. The van der Waals surface area contributed by atoms with Gasteiger partial charge >= 0.3 is 0 Å². The maximum absolute atomic E-state index is 13.7. The molecule has 0 saturated heterocycles. The van der Waals surface area contributed by atoms with Gasteiger partial charge in [0, 0.05) is 29.3 Å². The highest BCUT2D eigenvalue weighted by Crippen LogP contribution is 2.37. The normalized spacial score (nSPS) is 11.2. The lowest BCUT2D eigenvalue weighted by Crippen LogP contribution is -2.04. The quantitative estimate of drug-likeness (QED) is 0.417. The Morgan fingerprint density at radius 3 is 2.48 bits per heavy atom. The summed E-state index contributed by atoms with van der Waals surface area (Å²) in [5.41, 5.74) is 5.55. The number of methoxy groups -OCH3 is 1. The van der Waals surface area contributed by atoms with Crippen LogP contribution in [-0.2, 0) is 6.54 Å². The highest BCUT2D eigenvalue weighted by atomic mass is 19.1. The third-order valence-electron chi connectivity index (χ3n) is 5.12. The van der Waals surface area contributed by atoms with Crippen molar-refractivity contribution in [2.75, 3.05) is 7.11 Å². The average Bonchev–Trinajstić information content (AvgIpc) is 3.18. The van der Waals surface area contributed by atoms with Crippen molar-refractivity contribution in [1.82, 2.24) is 14.8 Å². The minimum atomic E-state index is -0.232. The molecule has 0 bridgehead atoms. The second kappa shape index (κ2) is 7.02. The van der Waals surface area contributed by atoms with E-state index in [-0.39, 0.29) is 5.82 Å². The standard InChI is InChI=1S/C24H18FN3O/c1-29-19-11-9-17(10-12-19)23-21-15-28(14-16-5-4-6-18(25)13-16)22-8-3-2-7-20(22)24(21)27-26-23/h2-13,15H,14H2,1H3. The molecule has 0 fully saturated rings. The van der Waals surface area contributed by atoms with Crippen LogP contribution >= 0.6 is 0 Å². The third kappa shape index (κ3) is 3.10.